The smallest absolute Gasteiger partial charge is 0.329 e. The Labute approximate surface area is 418 Å². The van der Waals surface area contributed by atoms with Crippen LogP contribution in [0.2, 0.25) is 0 Å². The molecule has 0 radical (unpaired) electrons. The number of rotatable bonds is 13. The number of carbonyl (C=O) groups excluding carboxylic acids is 2. The minimum atomic E-state index is -3.68. The first-order valence-corrected chi connectivity index (χ1v) is 26.0. The van der Waals surface area contributed by atoms with Gasteiger partial charge in [-0.2, -0.15) is 10.1 Å². The zero-order chi connectivity index (χ0) is 49.7. The number of piperazine rings is 1. The van der Waals surface area contributed by atoms with Crippen molar-refractivity contribution in [1.82, 2.24) is 49.1 Å². The molecule has 3 saturated heterocycles. The number of ether oxygens (including phenoxy) is 1. The number of piperidine rings is 2. The first-order valence-electron chi connectivity index (χ1n) is 23.4. The molecule has 0 aliphatic carbocycles. The number of hydrogen-bond donors (Lipinski definition) is 3. The SMILES string of the molecule is COc1cc(N2CCC(CN3CCN(c4cccc5c4n(C)c(=O)n5C4CCC(=O)NC4=O)CC3)CC2)c(-c2cnn(C)c2)cc1Nc1ncc(Br)c(Nc2ccc3nccnc3c2N(C)S(C)(=O)=O)n1. The van der Waals surface area contributed by atoms with E-state index in [1.807, 2.05) is 43.7 Å². The largest absolute Gasteiger partial charge is 0.494 e. The lowest BCUT2D eigenvalue weighted by molar-refractivity contribution is -0.135. The Hall–Kier alpha value is -7.11. The molecule has 7 heterocycles. The van der Waals surface area contributed by atoms with E-state index in [1.165, 1.54) is 17.5 Å². The second-order valence-electron chi connectivity index (χ2n) is 18.3. The number of para-hydroxylation sites is 1. The van der Waals surface area contributed by atoms with Gasteiger partial charge in [-0.1, -0.05) is 6.07 Å². The van der Waals surface area contributed by atoms with Gasteiger partial charge in [0.05, 0.1) is 57.6 Å². The van der Waals surface area contributed by atoms with Gasteiger partial charge in [-0.3, -0.25) is 47.9 Å². The van der Waals surface area contributed by atoms with E-state index in [4.69, 9.17) is 9.72 Å². The molecule has 0 bridgehead atoms. The molecule has 370 valence electrons. The molecule has 3 aliphatic heterocycles. The number of methoxy groups -OCH3 is 1. The summed E-state index contributed by atoms with van der Waals surface area (Å²) in [5.41, 5.74) is 7.49. The standard InChI is InChI=1S/C48H54BrN15O6S/c1-58-28-30(25-53-58)31-23-35(55-47-52-26-32(49)45(57-47)54-34-10-9-33-42(51-16-15-50-33)43(34)60(3)71(5,68)69)40(70-4)24-39(31)62-17-13-29(14-18-62)27-61-19-21-63(22-20-61)36-7-6-8-37-44(36)59(2)48(67)64(37)38-11-12-41(65)56-46(38)66/h6-10,15-16,23-26,28-29,38H,11-14,17-22,27H2,1-5H3,(H,56,65,66)(H2,52,54,55,57). The first kappa shape index (κ1) is 47.6. The molecule has 4 aromatic heterocycles. The van der Waals surface area contributed by atoms with E-state index in [2.05, 4.69) is 72.7 Å². The van der Waals surface area contributed by atoms with Crippen molar-refractivity contribution in [2.75, 3.05) is 91.0 Å². The molecular weight excluding hydrogens is 995 g/mol. The van der Waals surface area contributed by atoms with Crippen LogP contribution in [0.1, 0.15) is 31.7 Å². The van der Waals surface area contributed by atoms with Gasteiger partial charge < -0.3 is 25.2 Å². The molecule has 71 heavy (non-hydrogen) atoms. The zero-order valence-corrected chi connectivity index (χ0v) is 42.4. The van der Waals surface area contributed by atoms with E-state index in [0.29, 0.717) is 62.0 Å². The molecule has 3 aromatic carbocycles. The molecule has 0 spiro atoms. The normalized spacial score (nSPS) is 17.2. The molecule has 3 fully saturated rings. The van der Waals surface area contributed by atoms with E-state index in [-0.39, 0.29) is 24.0 Å². The van der Waals surface area contributed by atoms with Gasteiger partial charge in [0, 0.05) is 121 Å². The van der Waals surface area contributed by atoms with Crippen molar-refractivity contribution in [1.29, 1.82) is 0 Å². The number of benzene rings is 3. The number of carbonyl (C=O) groups is 2. The number of fused-ring (bicyclic) bond motifs is 2. The van der Waals surface area contributed by atoms with Crippen LogP contribution in [0.15, 0.2) is 82.7 Å². The summed E-state index contributed by atoms with van der Waals surface area (Å²) >= 11 is 3.57. The predicted molar refractivity (Wildman–Crippen MR) is 276 cm³/mol. The fraction of sp³-hybridized carbons (Fsp3) is 0.375. The maximum atomic E-state index is 13.6. The van der Waals surface area contributed by atoms with Crippen molar-refractivity contribution in [3.63, 3.8) is 0 Å². The summed E-state index contributed by atoms with van der Waals surface area (Å²) in [5.74, 6) is 1.01. The highest BCUT2D eigenvalue weighted by atomic mass is 79.9. The summed E-state index contributed by atoms with van der Waals surface area (Å²) in [4.78, 5) is 63.8. The summed E-state index contributed by atoms with van der Waals surface area (Å²) in [6, 6.07) is 12.7. The summed E-state index contributed by atoms with van der Waals surface area (Å²) in [6.45, 7) is 6.08. The van der Waals surface area contributed by atoms with Crippen molar-refractivity contribution in [3.8, 4) is 16.9 Å². The van der Waals surface area contributed by atoms with Gasteiger partial charge in [0.2, 0.25) is 27.8 Å². The Balaban J connectivity index is 0.830. The number of aromatic nitrogens is 8. The third-order valence-corrected chi connectivity index (χ3v) is 15.5. The average Bonchev–Trinajstić information content (AvgIpc) is 3.91. The molecule has 10 rings (SSSR count). The van der Waals surface area contributed by atoms with Gasteiger partial charge in [-0.15, -0.1) is 0 Å². The van der Waals surface area contributed by atoms with Crippen LogP contribution in [0.5, 0.6) is 5.75 Å². The topological polar surface area (TPSA) is 223 Å². The third kappa shape index (κ3) is 9.35. The van der Waals surface area contributed by atoms with E-state index >= 15 is 0 Å². The lowest BCUT2D eigenvalue weighted by Crippen LogP contribution is -2.49. The number of imide groups is 1. The van der Waals surface area contributed by atoms with Gasteiger partial charge in [-0.05, 0) is 71.4 Å². The number of hydrogen-bond acceptors (Lipinski definition) is 16. The van der Waals surface area contributed by atoms with Crippen LogP contribution in [0.3, 0.4) is 0 Å². The van der Waals surface area contributed by atoms with Crippen LogP contribution in [-0.4, -0.2) is 130 Å². The van der Waals surface area contributed by atoms with E-state index in [1.54, 1.807) is 52.5 Å². The van der Waals surface area contributed by atoms with Crippen LogP contribution in [0, 0.1) is 5.92 Å². The quantitative estimate of drug-likeness (QED) is 0.127. The lowest BCUT2D eigenvalue weighted by atomic mass is 9.94. The van der Waals surface area contributed by atoms with Crippen LogP contribution < -0.4 is 40.5 Å². The summed E-state index contributed by atoms with van der Waals surface area (Å²) < 4.78 is 38.3. The molecule has 1 unspecified atom stereocenters. The van der Waals surface area contributed by atoms with Gasteiger partial charge in [0.15, 0.2) is 0 Å². The Morgan fingerprint density at radius 2 is 1.65 bits per heavy atom. The molecule has 21 nitrogen and oxygen atoms in total. The van der Waals surface area contributed by atoms with E-state index < -0.39 is 22.0 Å². The number of halogens is 1. The molecule has 0 saturated carbocycles. The monoisotopic (exact) mass is 1050 g/mol. The fourth-order valence-corrected chi connectivity index (χ4v) is 10.9. The molecule has 3 N–H and O–H groups in total. The van der Waals surface area contributed by atoms with Crippen LogP contribution in [0.25, 0.3) is 33.2 Å². The van der Waals surface area contributed by atoms with Crippen LogP contribution in [0.4, 0.5) is 40.2 Å². The van der Waals surface area contributed by atoms with Gasteiger partial charge in [0.1, 0.15) is 28.8 Å². The van der Waals surface area contributed by atoms with Crippen LogP contribution in [-0.2, 0) is 33.7 Å². The van der Waals surface area contributed by atoms with Crippen molar-refractivity contribution in [2.45, 2.75) is 31.7 Å². The van der Waals surface area contributed by atoms with Crippen molar-refractivity contribution >= 4 is 100 Å². The molecule has 1 atom stereocenters. The predicted octanol–water partition coefficient (Wildman–Crippen LogP) is 5.14. The van der Waals surface area contributed by atoms with Crippen molar-refractivity contribution < 1.29 is 22.7 Å². The van der Waals surface area contributed by atoms with E-state index in [9.17, 15) is 22.8 Å². The third-order valence-electron chi connectivity index (χ3n) is 13.8. The molecule has 23 heteroatoms. The number of amides is 2. The molecule has 3 aliphatic rings. The Kier molecular flexibility index (Phi) is 12.9. The van der Waals surface area contributed by atoms with E-state index in [0.717, 1.165) is 92.9 Å². The average molecular weight is 1050 g/mol. The van der Waals surface area contributed by atoms with Crippen molar-refractivity contribution in [2.24, 2.45) is 20.0 Å². The minimum Gasteiger partial charge on any atom is -0.494 e. The zero-order valence-electron chi connectivity index (χ0n) is 40.0. The fourth-order valence-electron chi connectivity index (χ4n) is 10.1. The van der Waals surface area contributed by atoms with Crippen molar-refractivity contribution in [3.05, 3.63) is 88.4 Å². The van der Waals surface area contributed by atoms with Gasteiger partial charge in [0.25, 0.3) is 0 Å². The number of nitrogens with zero attached hydrogens (tertiary/aromatic N) is 12. The molecule has 7 aromatic rings. The number of sulfonamides is 1. The second-order valence-corrected chi connectivity index (χ2v) is 21.1. The van der Waals surface area contributed by atoms with Gasteiger partial charge in [-0.25, -0.2) is 18.2 Å². The number of imidazole rings is 1. The summed E-state index contributed by atoms with van der Waals surface area (Å²) in [7, 11) is 3.08. The number of aryl methyl sites for hydroxylation is 2. The first-order chi connectivity index (χ1) is 34.1. The maximum absolute atomic E-state index is 13.6. The lowest BCUT2D eigenvalue weighted by Gasteiger charge is -2.40. The number of anilines is 7. The van der Waals surface area contributed by atoms with Gasteiger partial charge >= 0.3 is 5.69 Å². The molecular formula is C48H54BrN15O6S. The van der Waals surface area contributed by atoms with Crippen LogP contribution >= 0.6 is 15.9 Å². The summed E-state index contributed by atoms with van der Waals surface area (Å²) in [6.07, 6.45) is 12.2. The highest BCUT2D eigenvalue weighted by Crippen LogP contribution is 2.43. The Bertz CT molecular complexity index is 3380. The Morgan fingerprint density at radius 3 is 2.37 bits per heavy atom. The molecule has 2 amide bonds. The summed E-state index contributed by atoms with van der Waals surface area (Å²) in [5, 5.41) is 13.6. The highest BCUT2D eigenvalue weighted by Gasteiger charge is 2.33. The highest BCUT2D eigenvalue weighted by molar-refractivity contribution is 9.10. The maximum Gasteiger partial charge on any atom is 0.329 e. The minimum absolute atomic E-state index is 0.197. The number of nitrogens with one attached hydrogen (secondary N) is 3. The Morgan fingerprint density at radius 1 is 0.887 bits per heavy atom. The second kappa shape index (κ2) is 19.2.